The average Bonchev–Trinajstić information content (AvgIpc) is 2.94. The van der Waals surface area contributed by atoms with E-state index in [1.807, 2.05) is 0 Å². The molecule has 2 atom stereocenters. The first-order valence-electron chi connectivity index (χ1n) is 8.23. The maximum atomic E-state index is 12.5. The number of hydrogen-bond donors (Lipinski definition) is 4. The molecule has 0 bridgehead atoms. The Labute approximate surface area is 140 Å². The molecule has 0 unspecified atom stereocenters. The second kappa shape index (κ2) is 7.33. The molecule has 1 aliphatic carbocycles. The zero-order chi connectivity index (χ0) is 17.1. The molecular formula is C16H21BN2O5. The SMILES string of the molecule is O=C(O)CN[C@H]1CCCC[C@H]1NC(=O)c1ccc2c(c1)B(O)OC2. The molecule has 24 heavy (non-hydrogen) atoms. The molecule has 7 nitrogen and oxygen atoms in total. The Bertz CT molecular complexity index is 639. The summed E-state index contributed by atoms with van der Waals surface area (Å²) in [5.74, 6) is -1.12. The number of nitrogens with one attached hydrogen (secondary N) is 2. The van der Waals surface area contributed by atoms with Crippen LogP contribution in [0, 0.1) is 0 Å². The van der Waals surface area contributed by atoms with Gasteiger partial charge in [0.2, 0.25) is 0 Å². The van der Waals surface area contributed by atoms with Crippen molar-refractivity contribution in [1.82, 2.24) is 10.6 Å². The van der Waals surface area contributed by atoms with Gasteiger partial charge in [-0.3, -0.25) is 9.59 Å². The van der Waals surface area contributed by atoms with Gasteiger partial charge in [-0.2, -0.15) is 0 Å². The third kappa shape index (κ3) is 3.77. The number of amides is 1. The van der Waals surface area contributed by atoms with Gasteiger partial charge in [0.25, 0.3) is 5.91 Å². The third-order valence-electron chi connectivity index (χ3n) is 4.67. The molecule has 1 saturated carbocycles. The monoisotopic (exact) mass is 332 g/mol. The zero-order valence-corrected chi connectivity index (χ0v) is 13.3. The lowest BCUT2D eigenvalue weighted by Gasteiger charge is -2.32. The highest BCUT2D eigenvalue weighted by Crippen LogP contribution is 2.19. The summed E-state index contributed by atoms with van der Waals surface area (Å²) < 4.78 is 5.14. The molecule has 8 heteroatoms. The van der Waals surface area contributed by atoms with Gasteiger partial charge in [0, 0.05) is 17.6 Å². The summed E-state index contributed by atoms with van der Waals surface area (Å²) in [7, 11) is -0.979. The van der Waals surface area contributed by atoms with E-state index in [1.165, 1.54) is 0 Å². The summed E-state index contributed by atoms with van der Waals surface area (Å²) in [6, 6.07) is 5.03. The van der Waals surface area contributed by atoms with Crippen LogP contribution in [0.1, 0.15) is 41.6 Å². The van der Waals surface area contributed by atoms with E-state index >= 15 is 0 Å². The van der Waals surface area contributed by atoms with Crippen LogP contribution in [0.15, 0.2) is 18.2 Å². The molecule has 1 fully saturated rings. The first-order chi connectivity index (χ1) is 11.5. The van der Waals surface area contributed by atoms with Crippen molar-refractivity contribution in [3.8, 4) is 0 Å². The van der Waals surface area contributed by atoms with Crippen LogP contribution in [-0.4, -0.2) is 47.8 Å². The van der Waals surface area contributed by atoms with Crippen LogP contribution >= 0.6 is 0 Å². The lowest BCUT2D eigenvalue weighted by atomic mass is 9.78. The third-order valence-corrected chi connectivity index (χ3v) is 4.67. The molecule has 4 N–H and O–H groups in total. The van der Waals surface area contributed by atoms with Crippen LogP contribution in [0.3, 0.4) is 0 Å². The maximum absolute atomic E-state index is 12.5. The lowest BCUT2D eigenvalue weighted by Crippen LogP contribution is -2.52. The van der Waals surface area contributed by atoms with Crippen molar-refractivity contribution in [2.75, 3.05) is 6.54 Å². The summed E-state index contributed by atoms with van der Waals surface area (Å²) in [4.78, 5) is 23.3. The number of aliphatic carboxylic acids is 1. The van der Waals surface area contributed by atoms with Gasteiger partial charge in [-0.05, 0) is 36.0 Å². The van der Waals surface area contributed by atoms with Crippen molar-refractivity contribution in [3.05, 3.63) is 29.3 Å². The predicted molar refractivity (Wildman–Crippen MR) is 88.0 cm³/mol. The molecule has 1 aromatic rings. The van der Waals surface area contributed by atoms with E-state index in [4.69, 9.17) is 9.76 Å². The molecular weight excluding hydrogens is 311 g/mol. The van der Waals surface area contributed by atoms with Crippen LogP contribution in [0.4, 0.5) is 0 Å². The quantitative estimate of drug-likeness (QED) is 0.548. The lowest BCUT2D eigenvalue weighted by molar-refractivity contribution is -0.136. The van der Waals surface area contributed by atoms with Gasteiger partial charge in [0.05, 0.1) is 13.2 Å². The van der Waals surface area contributed by atoms with Gasteiger partial charge in [-0.25, -0.2) is 0 Å². The Balaban J connectivity index is 1.66. The summed E-state index contributed by atoms with van der Waals surface area (Å²) in [5.41, 5.74) is 1.99. The highest BCUT2D eigenvalue weighted by molar-refractivity contribution is 6.61. The molecule has 0 spiro atoms. The number of hydrogen-bond acceptors (Lipinski definition) is 5. The molecule has 1 heterocycles. The number of carbonyl (C=O) groups excluding carboxylic acids is 1. The van der Waals surface area contributed by atoms with Crippen molar-refractivity contribution < 1.29 is 24.4 Å². The van der Waals surface area contributed by atoms with Gasteiger partial charge in [0.15, 0.2) is 0 Å². The van der Waals surface area contributed by atoms with Crippen LogP contribution < -0.4 is 16.1 Å². The topological polar surface area (TPSA) is 108 Å². The van der Waals surface area contributed by atoms with Crippen LogP contribution in [0.25, 0.3) is 0 Å². The molecule has 3 rings (SSSR count). The molecule has 2 aliphatic rings. The Morgan fingerprint density at radius 2 is 2.00 bits per heavy atom. The summed E-state index contributed by atoms with van der Waals surface area (Å²) >= 11 is 0. The molecule has 1 aliphatic heterocycles. The first-order valence-corrected chi connectivity index (χ1v) is 8.23. The molecule has 0 saturated heterocycles. The predicted octanol–water partition coefficient (Wildman–Crippen LogP) is -0.380. The van der Waals surface area contributed by atoms with Crippen molar-refractivity contribution in [1.29, 1.82) is 0 Å². The number of carboxylic acids is 1. The normalized spacial score (nSPS) is 23.0. The second-order valence-corrected chi connectivity index (χ2v) is 6.32. The van der Waals surface area contributed by atoms with Gasteiger partial charge >= 0.3 is 13.1 Å². The number of benzene rings is 1. The largest absolute Gasteiger partial charge is 0.491 e. The van der Waals surface area contributed by atoms with Gasteiger partial charge < -0.3 is 25.4 Å². The van der Waals surface area contributed by atoms with E-state index in [-0.39, 0.29) is 24.5 Å². The van der Waals surface area contributed by atoms with Crippen molar-refractivity contribution in [2.24, 2.45) is 0 Å². The van der Waals surface area contributed by atoms with Crippen LogP contribution in [-0.2, 0) is 16.1 Å². The Morgan fingerprint density at radius 1 is 1.25 bits per heavy atom. The minimum atomic E-state index is -0.979. The van der Waals surface area contributed by atoms with E-state index in [1.54, 1.807) is 18.2 Å². The standard InChI is InChI=1S/C16H21BN2O5/c20-15(21)8-18-13-3-1-2-4-14(13)19-16(22)10-5-6-11-9-24-17(23)12(11)7-10/h5-7,13-14,18,23H,1-4,8-9H2,(H,19,22)(H,20,21)/t13-,14+/m0/s1. The number of carboxylic acid groups (broad SMARTS) is 1. The average molecular weight is 332 g/mol. The smallest absolute Gasteiger partial charge is 0.480 e. The summed E-state index contributed by atoms with van der Waals surface area (Å²) in [5, 5.41) is 24.6. The highest BCUT2D eigenvalue weighted by atomic mass is 16.5. The Kier molecular flexibility index (Phi) is 5.18. The van der Waals surface area contributed by atoms with Gasteiger partial charge in [-0.1, -0.05) is 18.9 Å². The molecule has 128 valence electrons. The summed E-state index contributed by atoms with van der Waals surface area (Å²) in [6.07, 6.45) is 3.69. The fourth-order valence-corrected chi connectivity index (χ4v) is 3.37. The number of fused-ring (bicyclic) bond motifs is 1. The van der Waals surface area contributed by atoms with Gasteiger partial charge in [-0.15, -0.1) is 0 Å². The molecule has 0 aromatic heterocycles. The first kappa shape index (κ1) is 16.9. The minimum absolute atomic E-state index is 0.0397. The zero-order valence-electron chi connectivity index (χ0n) is 13.3. The van der Waals surface area contributed by atoms with Crippen molar-refractivity contribution >= 4 is 24.5 Å². The van der Waals surface area contributed by atoms with E-state index in [9.17, 15) is 14.6 Å². The Hall–Kier alpha value is -1.90. The second-order valence-electron chi connectivity index (χ2n) is 6.32. The molecule has 0 radical (unpaired) electrons. The fraction of sp³-hybridized carbons (Fsp3) is 0.500. The van der Waals surface area contributed by atoms with E-state index in [0.717, 1.165) is 31.2 Å². The van der Waals surface area contributed by atoms with Gasteiger partial charge in [0.1, 0.15) is 0 Å². The number of rotatable bonds is 5. The molecule has 1 amide bonds. The molecule has 1 aromatic carbocycles. The fourth-order valence-electron chi connectivity index (χ4n) is 3.37. The van der Waals surface area contributed by atoms with Crippen LogP contribution in [0.5, 0.6) is 0 Å². The van der Waals surface area contributed by atoms with E-state index < -0.39 is 13.1 Å². The van der Waals surface area contributed by atoms with E-state index in [2.05, 4.69) is 10.6 Å². The van der Waals surface area contributed by atoms with Crippen molar-refractivity contribution in [3.63, 3.8) is 0 Å². The van der Waals surface area contributed by atoms with E-state index in [0.29, 0.717) is 17.6 Å². The maximum Gasteiger partial charge on any atom is 0.491 e. The van der Waals surface area contributed by atoms with Crippen molar-refractivity contribution in [2.45, 2.75) is 44.4 Å². The number of carbonyl (C=O) groups is 2. The van der Waals surface area contributed by atoms with Crippen LogP contribution in [0.2, 0.25) is 0 Å². The summed E-state index contributed by atoms with van der Waals surface area (Å²) in [6.45, 7) is 0.238. The highest BCUT2D eigenvalue weighted by Gasteiger charge is 2.30. The Morgan fingerprint density at radius 3 is 2.75 bits per heavy atom. The minimum Gasteiger partial charge on any atom is -0.480 e.